The number of amides is 3. The van der Waals surface area contributed by atoms with Crippen molar-refractivity contribution < 1.29 is 38.5 Å². The van der Waals surface area contributed by atoms with Crippen molar-refractivity contribution >= 4 is 34.6 Å². The molecule has 2 fully saturated rings. The molecule has 1 saturated heterocycles. The van der Waals surface area contributed by atoms with E-state index in [9.17, 15) is 24.3 Å². The van der Waals surface area contributed by atoms with Crippen LogP contribution in [0.25, 0.3) is 22.2 Å². The molecule has 2 aliphatic rings. The lowest BCUT2D eigenvalue weighted by molar-refractivity contribution is -0.147. The van der Waals surface area contributed by atoms with Gasteiger partial charge in [0.15, 0.2) is 6.61 Å². The summed E-state index contributed by atoms with van der Waals surface area (Å²) in [4.78, 5) is 60.8. The first kappa shape index (κ1) is 38.8. The van der Waals surface area contributed by atoms with Gasteiger partial charge < -0.3 is 34.9 Å². The highest BCUT2D eigenvalue weighted by Crippen LogP contribution is 2.45. The molecule has 12 heteroatoms. The number of likely N-dealkylation sites (tertiary alicyclic amines) is 1. The van der Waals surface area contributed by atoms with Crippen molar-refractivity contribution in [2.24, 2.45) is 11.3 Å². The maximum Gasteiger partial charge on any atom is 0.330 e. The minimum Gasteiger partial charge on any atom is -0.497 e. The summed E-state index contributed by atoms with van der Waals surface area (Å²) in [7, 11) is 1.58. The SMILES string of the molecule is C=C[C@H]1CC1(NC(=O)[C@@H]1C[C@@H](Oc2cc(-c3ccccc3)nc3cc(OC)ccc23)CN1C(=O)[C@@H](NC(=O)COc1c(C)cccc1C)C(C)(C)C)C(=O)O. The van der Waals surface area contributed by atoms with Gasteiger partial charge in [-0.25, -0.2) is 9.78 Å². The lowest BCUT2D eigenvalue weighted by Crippen LogP contribution is -2.59. The number of aromatic nitrogens is 1. The monoisotopic (exact) mass is 748 g/mol. The number of fused-ring (bicyclic) bond motifs is 1. The van der Waals surface area contributed by atoms with E-state index in [0.717, 1.165) is 16.7 Å². The molecule has 1 aliphatic carbocycles. The van der Waals surface area contributed by atoms with Gasteiger partial charge in [-0.1, -0.05) is 75.4 Å². The van der Waals surface area contributed by atoms with Crippen molar-refractivity contribution in [1.82, 2.24) is 20.5 Å². The van der Waals surface area contributed by atoms with Gasteiger partial charge in [-0.2, -0.15) is 0 Å². The number of carboxylic acids is 1. The summed E-state index contributed by atoms with van der Waals surface area (Å²) in [6.07, 6.45) is 1.08. The number of carbonyl (C=O) groups excluding carboxylic acids is 3. The zero-order valence-corrected chi connectivity index (χ0v) is 32.0. The van der Waals surface area contributed by atoms with E-state index < -0.39 is 58.8 Å². The summed E-state index contributed by atoms with van der Waals surface area (Å²) in [5, 5.41) is 16.4. The third-order valence-corrected chi connectivity index (χ3v) is 10.4. The second kappa shape index (κ2) is 15.4. The standard InChI is InChI=1S/C43H48N4O8/c1-8-28-22-43(28,41(51)52)46-39(49)34-20-30(55-35-21-32(27-15-10-9-11-16-27)44-33-19-29(53-7)17-18-31(33)35)23-47(34)40(50)38(42(4,5)6)45-36(48)24-54-37-25(2)13-12-14-26(37)3/h8-19,21,28,30,34,38H,1,20,22-24H2,2-7H3,(H,45,48)(H,46,49)(H,51,52)/t28-,30+,34-,38+,43?/m0/s1. The zero-order valence-electron chi connectivity index (χ0n) is 32.0. The molecule has 4 aromatic rings. The molecule has 3 aromatic carbocycles. The number of nitrogens with one attached hydrogen (secondary N) is 2. The van der Waals surface area contributed by atoms with E-state index in [4.69, 9.17) is 19.2 Å². The van der Waals surface area contributed by atoms with Crippen LogP contribution < -0.4 is 24.8 Å². The number of hydrogen-bond acceptors (Lipinski definition) is 8. The topological polar surface area (TPSA) is 156 Å². The first-order valence-corrected chi connectivity index (χ1v) is 18.3. The first-order chi connectivity index (χ1) is 26.1. The predicted molar refractivity (Wildman–Crippen MR) is 208 cm³/mol. The van der Waals surface area contributed by atoms with E-state index in [0.29, 0.717) is 33.8 Å². The Kier molecular flexibility index (Phi) is 10.9. The number of nitrogens with zero attached hydrogens (tertiary/aromatic N) is 2. The molecule has 0 radical (unpaired) electrons. The Bertz CT molecular complexity index is 2110. The van der Waals surface area contributed by atoms with Gasteiger partial charge in [-0.15, -0.1) is 6.58 Å². The summed E-state index contributed by atoms with van der Waals surface area (Å²) < 4.78 is 18.0. The quantitative estimate of drug-likeness (QED) is 0.148. The van der Waals surface area contributed by atoms with Crippen LogP contribution in [0.1, 0.15) is 44.7 Å². The Labute approximate surface area is 320 Å². The Morgan fingerprint density at radius 3 is 2.36 bits per heavy atom. The average molecular weight is 749 g/mol. The number of carboxylic acid groups (broad SMARTS) is 1. The second-order valence-corrected chi connectivity index (χ2v) is 15.4. The van der Waals surface area contributed by atoms with Gasteiger partial charge in [-0.05, 0) is 48.9 Å². The number of pyridine rings is 1. The van der Waals surface area contributed by atoms with Crippen LogP contribution in [0.5, 0.6) is 17.2 Å². The fraction of sp³-hybridized carbons (Fsp3) is 0.372. The summed E-state index contributed by atoms with van der Waals surface area (Å²) in [5.41, 5.74) is 1.59. The summed E-state index contributed by atoms with van der Waals surface area (Å²) in [6.45, 7) is 12.6. The normalized spacial score (nSPS) is 21.0. The summed E-state index contributed by atoms with van der Waals surface area (Å²) in [6, 6.07) is 20.4. The second-order valence-electron chi connectivity index (χ2n) is 15.4. The van der Waals surface area contributed by atoms with Crippen LogP contribution in [0.15, 0.2) is 85.5 Å². The van der Waals surface area contributed by atoms with E-state index >= 15 is 0 Å². The lowest BCUT2D eigenvalue weighted by atomic mass is 9.85. The summed E-state index contributed by atoms with van der Waals surface area (Å²) >= 11 is 0. The van der Waals surface area contributed by atoms with Crippen molar-refractivity contribution in [3.05, 3.63) is 96.6 Å². The summed E-state index contributed by atoms with van der Waals surface area (Å²) in [5.74, 6) is -1.57. The van der Waals surface area contributed by atoms with Crippen LogP contribution in [0.3, 0.4) is 0 Å². The fourth-order valence-corrected chi connectivity index (χ4v) is 7.21. The number of para-hydroxylation sites is 1. The van der Waals surface area contributed by atoms with Gasteiger partial charge in [0.2, 0.25) is 11.8 Å². The van der Waals surface area contributed by atoms with Gasteiger partial charge >= 0.3 is 5.97 Å². The Hall–Kier alpha value is -5.91. The molecule has 2 heterocycles. The van der Waals surface area contributed by atoms with Crippen molar-refractivity contribution in [3.63, 3.8) is 0 Å². The van der Waals surface area contributed by atoms with Crippen LogP contribution >= 0.6 is 0 Å². The van der Waals surface area contributed by atoms with E-state index in [2.05, 4.69) is 17.2 Å². The van der Waals surface area contributed by atoms with Crippen molar-refractivity contribution in [3.8, 4) is 28.5 Å². The van der Waals surface area contributed by atoms with Gasteiger partial charge in [-0.3, -0.25) is 14.4 Å². The predicted octanol–water partition coefficient (Wildman–Crippen LogP) is 5.63. The highest BCUT2D eigenvalue weighted by molar-refractivity contribution is 5.97. The molecule has 55 heavy (non-hydrogen) atoms. The third kappa shape index (κ3) is 8.13. The van der Waals surface area contributed by atoms with Gasteiger partial charge in [0.05, 0.1) is 24.9 Å². The van der Waals surface area contributed by atoms with Crippen LogP contribution in [0.2, 0.25) is 0 Å². The average Bonchev–Trinajstić information content (AvgIpc) is 3.72. The van der Waals surface area contributed by atoms with E-state index in [1.807, 2.05) is 101 Å². The van der Waals surface area contributed by atoms with E-state index in [1.54, 1.807) is 13.2 Å². The lowest BCUT2D eigenvalue weighted by Gasteiger charge is -2.35. The zero-order chi connectivity index (χ0) is 39.7. The number of aliphatic carboxylic acids is 1. The molecule has 0 bridgehead atoms. The van der Waals surface area contributed by atoms with Crippen LogP contribution in [-0.2, 0) is 19.2 Å². The van der Waals surface area contributed by atoms with E-state index in [1.165, 1.54) is 11.0 Å². The molecule has 0 spiro atoms. The molecule has 6 rings (SSSR count). The molecule has 288 valence electrons. The van der Waals surface area contributed by atoms with Crippen LogP contribution in [0.4, 0.5) is 0 Å². The maximum absolute atomic E-state index is 14.7. The molecular formula is C43H48N4O8. The molecule has 1 saturated carbocycles. The minimum absolute atomic E-state index is 0.0100. The molecule has 5 atom stereocenters. The van der Waals surface area contributed by atoms with Crippen molar-refractivity contribution in [2.45, 2.75) is 71.2 Å². The molecule has 3 N–H and O–H groups in total. The van der Waals surface area contributed by atoms with Crippen LogP contribution in [-0.4, -0.2) is 82.7 Å². The maximum atomic E-state index is 14.7. The fourth-order valence-electron chi connectivity index (χ4n) is 7.21. The first-order valence-electron chi connectivity index (χ1n) is 18.3. The number of benzene rings is 3. The highest BCUT2D eigenvalue weighted by Gasteiger charge is 2.61. The molecule has 12 nitrogen and oxygen atoms in total. The molecular weight excluding hydrogens is 700 g/mol. The molecule has 1 aliphatic heterocycles. The van der Waals surface area contributed by atoms with E-state index in [-0.39, 0.29) is 26.0 Å². The highest BCUT2D eigenvalue weighted by atomic mass is 16.5. The number of hydrogen-bond donors (Lipinski definition) is 3. The molecule has 1 aromatic heterocycles. The van der Waals surface area contributed by atoms with Crippen molar-refractivity contribution in [1.29, 1.82) is 0 Å². The van der Waals surface area contributed by atoms with Gasteiger partial charge in [0.25, 0.3) is 5.91 Å². The van der Waals surface area contributed by atoms with Crippen molar-refractivity contribution in [2.75, 3.05) is 20.3 Å². The van der Waals surface area contributed by atoms with Crippen LogP contribution in [0, 0.1) is 25.2 Å². The molecule has 1 unspecified atom stereocenters. The smallest absolute Gasteiger partial charge is 0.330 e. The largest absolute Gasteiger partial charge is 0.497 e. The van der Waals surface area contributed by atoms with Gasteiger partial charge in [0.1, 0.15) is 41.0 Å². The number of ether oxygens (including phenoxy) is 3. The number of rotatable bonds is 13. The Morgan fingerprint density at radius 2 is 1.75 bits per heavy atom. The Morgan fingerprint density at radius 1 is 1.04 bits per heavy atom. The third-order valence-electron chi connectivity index (χ3n) is 10.4. The number of aryl methyl sites for hydroxylation is 2. The molecule has 3 amide bonds. The van der Waals surface area contributed by atoms with Gasteiger partial charge in [0, 0.05) is 35.4 Å². The minimum atomic E-state index is -1.51. The number of methoxy groups -OCH3 is 1. The Balaban J connectivity index is 1.31. The number of carbonyl (C=O) groups is 4.